The fourth-order valence-corrected chi connectivity index (χ4v) is 4.98. The Morgan fingerprint density at radius 2 is 1.82 bits per heavy atom. The molecule has 0 aliphatic carbocycles. The van der Waals surface area contributed by atoms with Crippen LogP contribution in [-0.4, -0.2) is 71.8 Å². The van der Waals surface area contributed by atoms with Gasteiger partial charge in [0.25, 0.3) is 0 Å². The lowest BCUT2D eigenvalue weighted by atomic mass is 9.94. The van der Waals surface area contributed by atoms with Crippen LogP contribution in [0, 0.1) is 0 Å². The molecule has 0 spiro atoms. The highest BCUT2D eigenvalue weighted by molar-refractivity contribution is 6.02. The minimum Gasteiger partial charge on any atom is -0.494 e. The van der Waals surface area contributed by atoms with E-state index in [2.05, 4.69) is 52.1 Å². The largest absolute Gasteiger partial charge is 0.494 e. The van der Waals surface area contributed by atoms with Crippen LogP contribution in [0.3, 0.4) is 0 Å². The molecule has 0 saturated heterocycles. The number of aromatic nitrogens is 3. The van der Waals surface area contributed by atoms with E-state index in [4.69, 9.17) is 14.7 Å². The minimum atomic E-state index is -0.327. The molecular formula is C35H47N7O3. The molecule has 10 nitrogen and oxygen atoms in total. The fraction of sp³-hybridized carbons (Fsp3) is 0.343. The Labute approximate surface area is 267 Å². The summed E-state index contributed by atoms with van der Waals surface area (Å²) in [6.07, 6.45) is 5.96. The van der Waals surface area contributed by atoms with Crippen molar-refractivity contribution in [3.63, 3.8) is 0 Å². The zero-order chi connectivity index (χ0) is 33.1. The number of methoxy groups -OCH3 is 1. The zero-order valence-corrected chi connectivity index (χ0v) is 27.8. The van der Waals surface area contributed by atoms with Gasteiger partial charge in [-0.15, -0.1) is 0 Å². The summed E-state index contributed by atoms with van der Waals surface area (Å²) in [7, 11) is 7.59. The van der Waals surface area contributed by atoms with Gasteiger partial charge in [-0.25, -0.2) is 4.98 Å². The van der Waals surface area contributed by atoms with Crippen molar-refractivity contribution in [2.45, 2.75) is 40.8 Å². The number of carbonyl (C=O) groups excluding carboxylic acids is 1. The van der Waals surface area contributed by atoms with Crippen LogP contribution in [0.5, 0.6) is 5.75 Å². The Balaban J connectivity index is 0.00000271. The Morgan fingerprint density at radius 3 is 2.44 bits per heavy atom. The second-order valence-electron chi connectivity index (χ2n) is 10.4. The highest BCUT2D eigenvalue weighted by atomic mass is 16.5. The van der Waals surface area contributed by atoms with Gasteiger partial charge in [-0.1, -0.05) is 57.7 Å². The van der Waals surface area contributed by atoms with E-state index in [9.17, 15) is 9.90 Å². The van der Waals surface area contributed by atoms with Gasteiger partial charge < -0.3 is 34.8 Å². The summed E-state index contributed by atoms with van der Waals surface area (Å²) in [5, 5.41) is 17.1. The van der Waals surface area contributed by atoms with Crippen molar-refractivity contribution in [2.75, 3.05) is 56.9 Å². The molecule has 0 aliphatic heterocycles. The van der Waals surface area contributed by atoms with Gasteiger partial charge in [0.15, 0.2) is 0 Å². The molecule has 0 aliphatic rings. The highest BCUT2D eigenvalue weighted by Crippen LogP contribution is 2.39. The van der Waals surface area contributed by atoms with Gasteiger partial charge in [0, 0.05) is 43.4 Å². The van der Waals surface area contributed by atoms with Crippen LogP contribution in [0.15, 0.2) is 67.4 Å². The molecule has 0 radical (unpaired) electrons. The molecule has 3 N–H and O–H groups in total. The number of allylic oxidation sites excluding steroid dienone is 1. The maximum Gasteiger partial charge on any atom is 0.247 e. The number of benzene rings is 2. The molecule has 4 aromatic rings. The molecule has 45 heavy (non-hydrogen) atoms. The first-order valence-electron chi connectivity index (χ1n) is 15.3. The van der Waals surface area contributed by atoms with E-state index in [0.29, 0.717) is 28.7 Å². The molecule has 0 saturated carbocycles. The number of aliphatic hydroxyl groups excluding tert-OH is 1. The standard InChI is InChI=1S/C33H41N7O3.C2H6/c1-8-22-13-11-12-14-24(22)23(9-2)31-25-15-16-40(21-41)32(25)37-33(36-31)35-27-19-26(34-30(42)10-3)28(20-29(27)43-7)39(6)18-17-38(4)5;1-2/h9-16,19-20,41H,3,8,17-18,21H2,1-2,4-7H3,(H,34,42)(H,35,36,37);1-2H3/b23-9+;. The number of rotatable bonds is 13. The van der Waals surface area contributed by atoms with Crippen molar-refractivity contribution in [3.05, 3.63) is 84.2 Å². The molecule has 1 amide bonds. The topological polar surface area (TPSA) is 108 Å². The van der Waals surface area contributed by atoms with Crippen molar-refractivity contribution >= 4 is 45.5 Å². The van der Waals surface area contributed by atoms with Gasteiger partial charge >= 0.3 is 0 Å². The molecule has 2 heterocycles. The van der Waals surface area contributed by atoms with Gasteiger partial charge in [-0.3, -0.25) is 4.79 Å². The lowest BCUT2D eigenvalue weighted by Gasteiger charge is -2.26. The number of ether oxygens (including phenoxy) is 1. The molecule has 0 atom stereocenters. The van der Waals surface area contributed by atoms with Gasteiger partial charge in [0.1, 0.15) is 18.1 Å². The van der Waals surface area contributed by atoms with E-state index in [-0.39, 0.29) is 12.6 Å². The Kier molecular flexibility index (Phi) is 12.7. The summed E-state index contributed by atoms with van der Waals surface area (Å²) < 4.78 is 7.46. The lowest BCUT2D eigenvalue weighted by Crippen LogP contribution is -2.29. The van der Waals surface area contributed by atoms with E-state index < -0.39 is 0 Å². The van der Waals surface area contributed by atoms with Crippen LogP contribution in [0.2, 0.25) is 0 Å². The number of hydrogen-bond donors (Lipinski definition) is 3. The fourth-order valence-electron chi connectivity index (χ4n) is 4.98. The van der Waals surface area contributed by atoms with Crippen molar-refractivity contribution in [1.82, 2.24) is 19.4 Å². The molecular weight excluding hydrogens is 566 g/mol. The predicted molar refractivity (Wildman–Crippen MR) is 187 cm³/mol. The number of nitrogens with zero attached hydrogens (tertiary/aromatic N) is 5. The van der Waals surface area contributed by atoms with Crippen LogP contribution in [0.1, 0.15) is 44.5 Å². The maximum absolute atomic E-state index is 12.4. The lowest BCUT2D eigenvalue weighted by molar-refractivity contribution is -0.111. The van der Waals surface area contributed by atoms with Crippen molar-refractivity contribution in [2.24, 2.45) is 0 Å². The van der Waals surface area contributed by atoms with Gasteiger partial charge in [-0.05, 0) is 56.8 Å². The van der Waals surface area contributed by atoms with Crippen LogP contribution >= 0.6 is 0 Å². The Hall–Kier alpha value is -4.67. The number of amides is 1. The zero-order valence-electron chi connectivity index (χ0n) is 27.8. The Bertz CT molecular complexity index is 1640. The normalized spacial score (nSPS) is 11.2. The number of aryl methyl sites for hydroxylation is 1. The average Bonchev–Trinajstić information content (AvgIpc) is 3.48. The van der Waals surface area contributed by atoms with Gasteiger partial charge in [0.2, 0.25) is 11.9 Å². The molecule has 0 bridgehead atoms. The maximum atomic E-state index is 12.4. The number of aliphatic hydroxyl groups is 1. The molecule has 0 fully saturated rings. The predicted octanol–water partition coefficient (Wildman–Crippen LogP) is 6.30. The van der Waals surface area contributed by atoms with E-state index >= 15 is 0 Å². The molecule has 4 rings (SSSR count). The van der Waals surface area contributed by atoms with E-state index in [1.165, 1.54) is 11.6 Å². The molecule has 2 aromatic heterocycles. The number of fused-ring (bicyclic) bond motifs is 1. The average molecular weight is 614 g/mol. The van der Waals surface area contributed by atoms with E-state index in [1.54, 1.807) is 17.9 Å². The summed E-state index contributed by atoms with van der Waals surface area (Å²) >= 11 is 0. The molecule has 0 unspecified atom stereocenters. The first kappa shape index (κ1) is 34.8. The summed E-state index contributed by atoms with van der Waals surface area (Å²) in [6, 6.07) is 13.9. The monoisotopic (exact) mass is 613 g/mol. The SMILES string of the molecule is C=CC(=O)Nc1cc(Nc2nc(/C(=C/C)c3ccccc3CC)c3ccn(CO)c3n2)c(OC)cc1N(C)CCN(C)C.CC. The minimum absolute atomic E-state index is 0.231. The third kappa shape index (κ3) is 8.09. The first-order valence-corrected chi connectivity index (χ1v) is 15.3. The van der Waals surface area contributed by atoms with Crippen molar-refractivity contribution < 1.29 is 14.6 Å². The second-order valence-corrected chi connectivity index (χ2v) is 10.4. The third-order valence-corrected chi connectivity index (χ3v) is 7.30. The van der Waals surface area contributed by atoms with Crippen LogP contribution in [0.25, 0.3) is 16.6 Å². The van der Waals surface area contributed by atoms with Crippen molar-refractivity contribution in [1.29, 1.82) is 0 Å². The number of nitrogens with one attached hydrogen (secondary N) is 2. The Morgan fingerprint density at radius 1 is 1.09 bits per heavy atom. The van der Waals surface area contributed by atoms with Gasteiger partial charge in [0.05, 0.1) is 29.9 Å². The van der Waals surface area contributed by atoms with Crippen LogP contribution < -0.4 is 20.3 Å². The number of carbonyl (C=O) groups is 1. The van der Waals surface area contributed by atoms with E-state index in [0.717, 1.165) is 47.4 Å². The summed E-state index contributed by atoms with van der Waals surface area (Å²) in [6.45, 7) is 13.1. The number of hydrogen-bond acceptors (Lipinski definition) is 8. The summed E-state index contributed by atoms with van der Waals surface area (Å²) in [4.78, 5) is 26.3. The molecule has 2 aromatic carbocycles. The number of likely N-dealkylation sites (N-methyl/N-ethyl adjacent to an activating group) is 2. The third-order valence-electron chi connectivity index (χ3n) is 7.30. The molecule has 240 valence electrons. The molecule has 10 heteroatoms. The first-order chi connectivity index (χ1) is 21.7. The summed E-state index contributed by atoms with van der Waals surface area (Å²) in [5.41, 5.74) is 6.52. The van der Waals surface area contributed by atoms with E-state index in [1.807, 2.05) is 72.2 Å². The number of anilines is 4. The van der Waals surface area contributed by atoms with Crippen molar-refractivity contribution in [3.8, 4) is 5.75 Å². The quantitative estimate of drug-likeness (QED) is 0.151. The van der Waals surface area contributed by atoms with Crippen LogP contribution in [0.4, 0.5) is 23.0 Å². The van der Waals surface area contributed by atoms with Gasteiger partial charge in [-0.2, -0.15) is 4.98 Å². The highest BCUT2D eigenvalue weighted by Gasteiger charge is 2.20. The van der Waals surface area contributed by atoms with Crippen LogP contribution in [-0.2, 0) is 17.9 Å². The summed E-state index contributed by atoms with van der Waals surface area (Å²) in [5.74, 6) is 0.539. The smallest absolute Gasteiger partial charge is 0.247 e. The second kappa shape index (κ2) is 16.4.